The lowest BCUT2D eigenvalue weighted by molar-refractivity contribution is 0.0683. The Kier molecular flexibility index (Phi) is 4.62. The van der Waals surface area contributed by atoms with Crippen molar-refractivity contribution in [1.29, 1.82) is 0 Å². The monoisotopic (exact) mass is 288 g/mol. The number of aromatic carboxylic acids is 1. The van der Waals surface area contributed by atoms with Gasteiger partial charge in [0.15, 0.2) is 0 Å². The smallest absolute Gasteiger partial charge is 0.354 e. The summed E-state index contributed by atoms with van der Waals surface area (Å²) in [7, 11) is 0. The fourth-order valence-electron chi connectivity index (χ4n) is 2.09. The van der Waals surface area contributed by atoms with E-state index < -0.39 is 5.97 Å². The van der Waals surface area contributed by atoms with Crippen LogP contribution in [0.15, 0.2) is 30.3 Å². The number of hydrogen-bond acceptors (Lipinski definition) is 3. The minimum Gasteiger partial charge on any atom is -0.491 e. The molecular weight excluding hydrogens is 268 g/mol. The molecule has 0 fully saturated rings. The Morgan fingerprint density at radius 3 is 2.52 bits per heavy atom. The third-order valence-corrected chi connectivity index (χ3v) is 2.96. The van der Waals surface area contributed by atoms with Gasteiger partial charge in [0.05, 0.1) is 11.8 Å². The molecule has 1 aromatic carbocycles. The van der Waals surface area contributed by atoms with Gasteiger partial charge in [0, 0.05) is 12.1 Å². The Morgan fingerprint density at radius 2 is 2.00 bits per heavy atom. The maximum absolute atomic E-state index is 11.2. The lowest BCUT2D eigenvalue weighted by Crippen LogP contribution is -2.09. The van der Waals surface area contributed by atoms with Gasteiger partial charge in [-0.1, -0.05) is 6.92 Å². The van der Waals surface area contributed by atoms with Gasteiger partial charge in [-0.2, -0.15) is 5.10 Å². The van der Waals surface area contributed by atoms with E-state index in [1.807, 2.05) is 45.0 Å². The Bertz CT molecular complexity index is 615. The van der Waals surface area contributed by atoms with Crippen molar-refractivity contribution in [2.45, 2.75) is 39.8 Å². The van der Waals surface area contributed by atoms with E-state index in [-0.39, 0.29) is 11.8 Å². The van der Waals surface area contributed by atoms with Gasteiger partial charge >= 0.3 is 5.97 Å². The molecule has 0 saturated carbocycles. The highest BCUT2D eigenvalue weighted by Gasteiger charge is 2.14. The van der Waals surface area contributed by atoms with Crippen molar-refractivity contribution in [2.24, 2.45) is 0 Å². The number of ether oxygens (including phenoxy) is 1. The zero-order valence-corrected chi connectivity index (χ0v) is 12.5. The first-order valence-corrected chi connectivity index (χ1v) is 7.09. The SMILES string of the molecule is CCCn1nc(-c2ccc(OC(C)C)cc2)cc1C(=O)O. The molecule has 5 heteroatoms. The van der Waals surface area contributed by atoms with Gasteiger partial charge in [0.25, 0.3) is 0 Å². The number of benzene rings is 1. The van der Waals surface area contributed by atoms with Gasteiger partial charge in [0.2, 0.25) is 0 Å². The van der Waals surface area contributed by atoms with Crippen LogP contribution in [0.25, 0.3) is 11.3 Å². The zero-order chi connectivity index (χ0) is 15.4. The summed E-state index contributed by atoms with van der Waals surface area (Å²) in [4.78, 5) is 11.2. The van der Waals surface area contributed by atoms with E-state index in [0.29, 0.717) is 12.2 Å². The molecule has 0 aliphatic heterocycles. The number of carbonyl (C=O) groups is 1. The van der Waals surface area contributed by atoms with Crippen molar-refractivity contribution in [3.63, 3.8) is 0 Å². The topological polar surface area (TPSA) is 64.4 Å². The first kappa shape index (κ1) is 15.1. The molecule has 0 spiro atoms. The molecule has 0 atom stereocenters. The van der Waals surface area contributed by atoms with Crippen LogP contribution in [0.4, 0.5) is 0 Å². The summed E-state index contributed by atoms with van der Waals surface area (Å²) < 4.78 is 7.13. The number of aromatic nitrogens is 2. The molecule has 1 N–H and O–H groups in total. The van der Waals surface area contributed by atoms with E-state index in [2.05, 4.69) is 5.10 Å². The Hall–Kier alpha value is -2.30. The van der Waals surface area contributed by atoms with Crippen molar-refractivity contribution in [1.82, 2.24) is 9.78 Å². The van der Waals surface area contributed by atoms with Crippen LogP contribution in [0.5, 0.6) is 5.75 Å². The van der Waals surface area contributed by atoms with Crippen molar-refractivity contribution in [3.8, 4) is 17.0 Å². The average molecular weight is 288 g/mol. The molecule has 21 heavy (non-hydrogen) atoms. The predicted octanol–water partition coefficient (Wildman–Crippen LogP) is 3.45. The third kappa shape index (κ3) is 3.62. The molecule has 0 bridgehead atoms. The fourth-order valence-corrected chi connectivity index (χ4v) is 2.09. The number of carboxylic acid groups (broad SMARTS) is 1. The van der Waals surface area contributed by atoms with E-state index >= 15 is 0 Å². The summed E-state index contributed by atoms with van der Waals surface area (Å²) in [6.45, 7) is 6.53. The molecule has 112 valence electrons. The van der Waals surface area contributed by atoms with Crippen LogP contribution in [-0.4, -0.2) is 27.0 Å². The molecular formula is C16H20N2O3. The summed E-state index contributed by atoms with van der Waals surface area (Å²) >= 11 is 0. The van der Waals surface area contributed by atoms with Gasteiger partial charge in [-0.15, -0.1) is 0 Å². The van der Waals surface area contributed by atoms with Crippen LogP contribution in [0.3, 0.4) is 0 Å². The summed E-state index contributed by atoms with van der Waals surface area (Å²) in [6, 6.07) is 9.13. The van der Waals surface area contributed by atoms with Gasteiger partial charge in [-0.3, -0.25) is 4.68 Å². The minimum atomic E-state index is -0.957. The fraction of sp³-hybridized carbons (Fsp3) is 0.375. The molecule has 0 aliphatic rings. The zero-order valence-electron chi connectivity index (χ0n) is 12.5. The first-order chi connectivity index (χ1) is 10.0. The summed E-state index contributed by atoms with van der Waals surface area (Å²) in [5.74, 6) is -0.165. The Morgan fingerprint density at radius 1 is 1.33 bits per heavy atom. The molecule has 1 aromatic heterocycles. The van der Waals surface area contributed by atoms with Crippen LogP contribution in [0.1, 0.15) is 37.7 Å². The van der Waals surface area contributed by atoms with Crippen molar-refractivity contribution >= 4 is 5.97 Å². The molecule has 0 aliphatic carbocycles. The van der Waals surface area contributed by atoms with Crippen LogP contribution < -0.4 is 4.74 Å². The number of nitrogens with zero attached hydrogens (tertiary/aromatic N) is 2. The molecule has 5 nitrogen and oxygen atoms in total. The molecule has 0 radical (unpaired) electrons. The van der Waals surface area contributed by atoms with E-state index in [4.69, 9.17) is 4.74 Å². The lowest BCUT2D eigenvalue weighted by atomic mass is 10.1. The van der Waals surface area contributed by atoms with Crippen LogP contribution >= 0.6 is 0 Å². The Labute approximate surface area is 124 Å². The largest absolute Gasteiger partial charge is 0.491 e. The number of hydrogen-bond donors (Lipinski definition) is 1. The van der Waals surface area contributed by atoms with Gasteiger partial charge < -0.3 is 9.84 Å². The maximum atomic E-state index is 11.2. The second-order valence-electron chi connectivity index (χ2n) is 5.13. The summed E-state index contributed by atoms with van der Waals surface area (Å²) in [5.41, 5.74) is 1.76. The van der Waals surface area contributed by atoms with E-state index in [1.54, 1.807) is 6.07 Å². The molecule has 1 heterocycles. The number of carboxylic acids is 1. The minimum absolute atomic E-state index is 0.123. The third-order valence-electron chi connectivity index (χ3n) is 2.96. The maximum Gasteiger partial charge on any atom is 0.354 e. The second-order valence-corrected chi connectivity index (χ2v) is 5.13. The van der Waals surface area contributed by atoms with E-state index in [9.17, 15) is 9.90 Å². The van der Waals surface area contributed by atoms with Crippen LogP contribution in [0, 0.1) is 0 Å². The highest BCUT2D eigenvalue weighted by Crippen LogP contribution is 2.23. The summed E-state index contributed by atoms with van der Waals surface area (Å²) in [5, 5.41) is 13.6. The standard InChI is InChI=1S/C16H20N2O3/c1-4-9-18-15(16(19)20)10-14(17-18)12-5-7-13(8-6-12)21-11(2)3/h5-8,10-11H,4,9H2,1-3H3,(H,19,20). The van der Waals surface area contributed by atoms with Crippen molar-refractivity contribution in [3.05, 3.63) is 36.0 Å². The summed E-state index contributed by atoms with van der Waals surface area (Å²) in [6.07, 6.45) is 0.959. The van der Waals surface area contributed by atoms with Crippen LogP contribution in [-0.2, 0) is 6.54 Å². The van der Waals surface area contributed by atoms with Crippen molar-refractivity contribution in [2.75, 3.05) is 0 Å². The first-order valence-electron chi connectivity index (χ1n) is 7.09. The quantitative estimate of drug-likeness (QED) is 0.884. The van der Waals surface area contributed by atoms with Crippen LogP contribution in [0.2, 0.25) is 0 Å². The molecule has 0 amide bonds. The lowest BCUT2D eigenvalue weighted by Gasteiger charge is -2.09. The average Bonchev–Trinajstić information content (AvgIpc) is 2.83. The van der Waals surface area contributed by atoms with Gasteiger partial charge in [0.1, 0.15) is 11.4 Å². The molecule has 0 saturated heterocycles. The highest BCUT2D eigenvalue weighted by atomic mass is 16.5. The molecule has 2 rings (SSSR count). The normalized spacial score (nSPS) is 10.9. The van der Waals surface area contributed by atoms with Crippen molar-refractivity contribution < 1.29 is 14.6 Å². The second kappa shape index (κ2) is 6.43. The molecule has 0 unspecified atom stereocenters. The Balaban J connectivity index is 2.29. The van der Waals surface area contributed by atoms with E-state index in [1.165, 1.54) is 4.68 Å². The molecule has 2 aromatic rings. The highest BCUT2D eigenvalue weighted by molar-refractivity contribution is 5.87. The van der Waals surface area contributed by atoms with E-state index in [0.717, 1.165) is 17.7 Å². The predicted molar refractivity (Wildman–Crippen MR) is 80.7 cm³/mol. The number of rotatable bonds is 6. The van der Waals surface area contributed by atoms with Gasteiger partial charge in [-0.05, 0) is 50.6 Å². The number of aryl methyl sites for hydroxylation is 1. The van der Waals surface area contributed by atoms with Gasteiger partial charge in [-0.25, -0.2) is 4.79 Å².